The van der Waals surface area contributed by atoms with Gasteiger partial charge < -0.3 is 5.11 Å². The van der Waals surface area contributed by atoms with Crippen molar-refractivity contribution >= 4 is 31.6 Å². The third-order valence-corrected chi connectivity index (χ3v) is 2.25. The van der Waals surface area contributed by atoms with E-state index in [9.17, 15) is 8.42 Å². The summed E-state index contributed by atoms with van der Waals surface area (Å²) >= 11 is 3.13. The molecular weight excluding hydrogens is 258 g/mol. The summed E-state index contributed by atoms with van der Waals surface area (Å²) in [6, 6.07) is 4.35. The molecule has 0 unspecified atom stereocenters. The van der Waals surface area contributed by atoms with Crippen LogP contribution < -0.4 is 4.72 Å². The first-order valence-corrected chi connectivity index (χ1v) is 6.02. The van der Waals surface area contributed by atoms with Crippen molar-refractivity contribution in [2.45, 2.75) is 0 Å². The monoisotopic (exact) mass is 265 g/mol. The molecule has 2 N–H and O–H groups in total. The molecule has 0 aliphatic heterocycles. The van der Waals surface area contributed by atoms with Gasteiger partial charge in [-0.3, -0.25) is 4.72 Å². The van der Waals surface area contributed by atoms with Gasteiger partial charge >= 0.3 is 0 Å². The zero-order chi connectivity index (χ0) is 10.1. The van der Waals surface area contributed by atoms with Gasteiger partial charge in [0.1, 0.15) is 5.75 Å². The number of rotatable bonds is 2. The lowest BCUT2D eigenvalue weighted by atomic mass is 10.3. The van der Waals surface area contributed by atoms with E-state index in [1.54, 1.807) is 6.07 Å². The van der Waals surface area contributed by atoms with Crippen LogP contribution in [0, 0.1) is 0 Å². The summed E-state index contributed by atoms with van der Waals surface area (Å²) in [7, 11) is -3.29. The van der Waals surface area contributed by atoms with E-state index in [0.717, 1.165) is 6.26 Å². The zero-order valence-corrected chi connectivity index (χ0v) is 9.18. The normalized spacial score (nSPS) is 11.2. The molecule has 1 aromatic carbocycles. The number of phenols is 1. The Balaban J connectivity index is 3.03. The molecule has 6 heteroatoms. The Bertz CT molecular complexity index is 395. The Morgan fingerprint density at radius 3 is 2.46 bits per heavy atom. The first-order valence-electron chi connectivity index (χ1n) is 3.34. The molecule has 0 bridgehead atoms. The molecule has 0 saturated carbocycles. The number of hydrogen-bond acceptors (Lipinski definition) is 3. The van der Waals surface area contributed by atoms with Crippen molar-refractivity contribution in [1.82, 2.24) is 0 Å². The predicted octanol–water partition coefficient (Wildman–Crippen LogP) is 1.53. The fourth-order valence-corrected chi connectivity index (χ4v) is 1.87. The molecule has 0 saturated heterocycles. The highest BCUT2D eigenvalue weighted by Crippen LogP contribution is 2.23. The summed E-state index contributed by atoms with van der Waals surface area (Å²) in [5, 5.41) is 9.13. The Kier molecular flexibility index (Phi) is 2.82. The summed E-state index contributed by atoms with van der Waals surface area (Å²) in [6.45, 7) is 0. The van der Waals surface area contributed by atoms with Crippen molar-refractivity contribution in [3.05, 3.63) is 22.7 Å². The fraction of sp³-hybridized carbons (Fsp3) is 0.143. The van der Waals surface area contributed by atoms with E-state index in [0.29, 0.717) is 10.2 Å². The van der Waals surface area contributed by atoms with Gasteiger partial charge in [-0.05, 0) is 12.1 Å². The molecule has 0 fully saturated rings. The van der Waals surface area contributed by atoms with E-state index in [4.69, 9.17) is 5.11 Å². The third-order valence-electron chi connectivity index (χ3n) is 1.19. The maximum absolute atomic E-state index is 10.8. The smallest absolute Gasteiger partial charge is 0.229 e. The van der Waals surface area contributed by atoms with E-state index >= 15 is 0 Å². The number of phenolic OH excluding ortho intramolecular Hbond substituents is 1. The summed E-state index contributed by atoms with van der Waals surface area (Å²) in [5.74, 6) is 0.000486. The van der Waals surface area contributed by atoms with E-state index in [1.807, 2.05) is 0 Å². The number of anilines is 1. The standard InChI is InChI=1S/C7H8BrNO3S/c1-13(11,12)9-6-2-5(8)3-7(10)4-6/h2-4,9-10H,1H3. The molecule has 0 aliphatic rings. The molecule has 0 radical (unpaired) electrons. The Morgan fingerprint density at radius 1 is 1.38 bits per heavy atom. The van der Waals surface area contributed by atoms with Crippen LogP contribution in [0.2, 0.25) is 0 Å². The van der Waals surface area contributed by atoms with Gasteiger partial charge in [0.2, 0.25) is 10.0 Å². The molecule has 0 aliphatic carbocycles. The lowest BCUT2D eigenvalue weighted by molar-refractivity contribution is 0.475. The summed E-state index contributed by atoms with van der Waals surface area (Å²) in [4.78, 5) is 0. The second-order valence-corrected chi connectivity index (χ2v) is 5.24. The maximum Gasteiger partial charge on any atom is 0.229 e. The fourth-order valence-electron chi connectivity index (χ4n) is 0.847. The van der Waals surface area contributed by atoms with Gasteiger partial charge in [-0.1, -0.05) is 15.9 Å². The zero-order valence-electron chi connectivity index (χ0n) is 6.78. The van der Waals surface area contributed by atoms with Crippen LogP contribution in [-0.4, -0.2) is 19.8 Å². The lowest BCUT2D eigenvalue weighted by Gasteiger charge is -2.04. The van der Waals surface area contributed by atoms with Gasteiger partial charge in [0.05, 0.1) is 11.9 Å². The van der Waals surface area contributed by atoms with Gasteiger partial charge in [-0.2, -0.15) is 0 Å². The van der Waals surface area contributed by atoms with Crippen molar-refractivity contribution in [1.29, 1.82) is 0 Å². The second kappa shape index (κ2) is 3.55. The van der Waals surface area contributed by atoms with E-state index in [1.165, 1.54) is 12.1 Å². The Morgan fingerprint density at radius 2 is 2.00 bits per heavy atom. The average molecular weight is 266 g/mol. The molecule has 0 amide bonds. The highest BCUT2D eigenvalue weighted by molar-refractivity contribution is 9.10. The van der Waals surface area contributed by atoms with Gasteiger partial charge in [-0.25, -0.2) is 8.42 Å². The average Bonchev–Trinajstić information content (AvgIpc) is 1.78. The summed E-state index contributed by atoms with van der Waals surface area (Å²) in [5.41, 5.74) is 0.328. The Hall–Kier alpha value is -0.750. The molecule has 0 heterocycles. The number of benzene rings is 1. The number of hydrogen-bond donors (Lipinski definition) is 2. The van der Waals surface area contributed by atoms with Crippen molar-refractivity contribution in [3.63, 3.8) is 0 Å². The minimum Gasteiger partial charge on any atom is -0.508 e. The maximum atomic E-state index is 10.8. The van der Waals surface area contributed by atoms with Crippen LogP contribution in [0.15, 0.2) is 22.7 Å². The summed E-state index contributed by atoms with van der Waals surface area (Å²) in [6.07, 6.45) is 1.05. The van der Waals surface area contributed by atoms with Crippen LogP contribution >= 0.6 is 15.9 Å². The number of halogens is 1. The lowest BCUT2D eigenvalue weighted by Crippen LogP contribution is -2.09. The number of nitrogens with one attached hydrogen (secondary N) is 1. The second-order valence-electron chi connectivity index (χ2n) is 2.57. The van der Waals surface area contributed by atoms with Crippen LogP contribution in [0.25, 0.3) is 0 Å². The molecule has 0 aromatic heterocycles. The highest BCUT2D eigenvalue weighted by atomic mass is 79.9. The van der Waals surface area contributed by atoms with Crippen LogP contribution in [0.4, 0.5) is 5.69 Å². The molecule has 13 heavy (non-hydrogen) atoms. The number of aromatic hydroxyl groups is 1. The van der Waals surface area contributed by atoms with Crippen LogP contribution in [0.5, 0.6) is 5.75 Å². The molecule has 1 aromatic rings. The van der Waals surface area contributed by atoms with E-state index in [2.05, 4.69) is 20.7 Å². The van der Waals surface area contributed by atoms with Gasteiger partial charge in [0.25, 0.3) is 0 Å². The quantitative estimate of drug-likeness (QED) is 0.853. The van der Waals surface area contributed by atoms with Crippen LogP contribution in [-0.2, 0) is 10.0 Å². The summed E-state index contributed by atoms with van der Waals surface area (Å²) < 4.78 is 24.5. The van der Waals surface area contributed by atoms with Gasteiger partial charge in [0, 0.05) is 10.5 Å². The van der Waals surface area contributed by atoms with Crippen molar-refractivity contribution in [3.8, 4) is 5.75 Å². The molecule has 1 rings (SSSR count). The van der Waals surface area contributed by atoms with Crippen molar-refractivity contribution in [2.75, 3.05) is 11.0 Å². The van der Waals surface area contributed by atoms with Gasteiger partial charge in [0.15, 0.2) is 0 Å². The minimum absolute atomic E-state index is 0.000486. The SMILES string of the molecule is CS(=O)(=O)Nc1cc(O)cc(Br)c1. The van der Waals surface area contributed by atoms with Crippen LogP contribution in [0.1, 0.15) is 0 Å². The highest BCUT2D eigenvalue weighted by Gasteiger charge is 2.03. The van der Waals surface area contributed by atoms with Crippen molar-refractivity contribution < 1.29 is 13.5 Å². The molecule has 0 spiro atoms. The van der Waals surface area contributed by atoms with Crippen molar-refractivity contribution in [2.24, 2.45) is 0 Å². The molecule has 4 nitrogen and oxygen atoms in total. The third kappa shape index (κ3) is 3.65. The van der Waals surface area contributed by atoms with Gasteiger partial charge in [-0.15, -0.1) is 0 Å². The Labute approximate surface area is 84.8 Å². The topological polar surface area (TPSA) is 66.4 Å². The van der Waals surface area contributed by atoms with E-state index in [-0.39, 0.29) is 5.75 Å². The van der Waals surface area contributed by atoms with Crippen LogP contribution in [0.3, 0.4) is 0 Å². The largest absolute Gasteiger partial charge is 0.508 e. The number of sulfonamides is 1. The predicted molar refractivity (Wildman–Crippen MR) is 54.3 cm³/mol. The molecule has 72 valence electrons. The minimum atomic E-state index is -3.29. The first kappa shape index (κ1) is 10.3. The molecular formula is C7H8BrNO3S. The first-order chi connectivity index (χ1) is 5.87. The molecule has 0 atom stereocenters. The van der Waals surface area contributed by atoms with E-state index < -0.39 is 10.0 Å².